The first kappa shape index (κ1) is 23.5. The minimum Gasteiger partial charge on any atom is -0.195 e. The monoisotopic (exact) mass is 419 g/mol. The first-order valence-electron chi connectivity index (χ1n) is 12.3. The molecule has 2 saturated carbocycles. The van der Waals surface area contributed by atoms with E-state index in [0.717, 1.165) is 30.6 Å². The summed E-state index contributed by atoms with van der Waals surface area (Å²) in [6.45, 7) is 6.80. The van der Waals surface area contributed by atoms with Crippen molar-refractivity contribution in [3.05, 3.63) is 71.6 Å². The van der Waals surface area contributed by atoms with Crippen LogP contribution >= 0.6 is 0 Å². The normalized spacial score (nSPS) is 27.2. The molecular formula is C29H38FN. The smallest absolute Gasteiger partial charge is 0.195 e. The molecule has 0 heterocycles. The van der Waals surface area contributed by atoms with E-state index in [1.807, 2.05) is 6.08 Å². The minimum atomic E-state index is -0.723. The number of nitrogens with zero attached hydrogens (tertiary/aromatic N) is 1. The maximum absolute atomic E-state index is 12.8. The zero-order valence-electron chi connectivity index (χ0n) is 19.2. The van der Waals surface area contributed by atoms with Crippen LogP contribution in [-0.2, 0) is 6.42 Å². The lowest BCUT2D eigenvalue weighted by Gasteiger charge is -2.36. The van der Waals surface area contributed by atoms with Crippen LogP contribution in [0.4, 0.5) is 4.39 Å². The highest BCUT2D eigenvalue weighted by Crippen LogP contribution is 2.44. The van der Waals surface area contributed by atoms with E-state index < -0.39 is 5.83 Å². The Morgan fingerprint density at radius 1 is 1.03 bits per heavy atom. The summed E-state index contributed by atoms with van der Waals surface area (Å²) in [4.78, 5) is 0. The molecule has 0 atom stereocenters. The van der Waals surface area contributed by atoms with Crippen LogP contribution in [0.5, 0.6) is 0 Å². The van der Waals surface area contributed by atoms with Gasteiger partial charge >= 0.3 is 0 Å². The van der Waals surface area contributed by atoms with Crippen LogP contribution < -0.4 is 0 Å². The fourth-order valence-electron chi connectivity index (χ4n) is 5.60. The number of rotatable bonds is 8. The topological polar surface area (TPSA) is 23.8 Å². The number of hydrogen-bond acceptors (Lipinski definition) is 1. The Hall–Kier alpha value is -2.14. The average molecular weight is 420 g/mol. The molecule has 2 aliphatic rings. The number of aryl methyl sites for hydroxylation is 1. The van der Waals surface area contributed by atoms with E-state index in [0.29, 0.717) is 5.92 Å². The number of allylic oxidation sites excluding steroid dienone is 5. The number of hydrogen-bond donors (Lipinski definition) is 0. The number of nitriles is 1. The highest BCUT2D eigenvalue weighted by molar-refractivity contribution is 5.26. The molecule has 0 N–H and O–H groups in total. The first-order valence-corrected chi connectivity index (χ1v) is 12.3. The maximum atomic E-state index is 12.8. The Morgan fingerprint density at radius 2 is 1.65 bits per heavy atom. The van der Waals surface area contributed by atoms with Gasteiger partial charge in [0.05, 0.1) is 0 Å². The predicted octanol–water partition coefficient (Wildman–Crippen LogP) is 8.60. The summed E-state index contributed by atoms with van der Waals surface area (Å²) < 4.78 is 12.8. The van der Waals surface area contributed by atoms with Crippen molar-refractivity contribution in [2.75, 3.05) is 0 Å². The van der Waals surface area contributed by atoms with Gasteiger partial charge < -0.3 is 0 Å². The van der Waals surface area contributed by atoms with E-state index in [2.05, 4.69) is 37.8 Å². The molecule has 3 rings (SSSR count). The van der Waals surface area contributed by atoms with Crippen molar-refractivity contribution in [1.29, 1.82) is 5.26 Å². The second-order valence-electron chi connectivity index (χ2n) is 9.57. The SMILES string of the molecule is C=C(C1CCC(CCC=CC=C(F)C#N)CC1)C1CCC(c2ccc(CC)cc2)CC1. The van der Waals surface area contributed by atoms with Crippen LogP contribution in [0.15, 0.2) is 60.5 Å². The van der Waals surface area contributed by atoms with Crippen LogP contribution in [0.25, 0.3) is 0 Å². The summed E-state index contributed by atoms with van der Waals surface area (Å²) in [6.07, 6.45) is 18.5. The van der Waals surface area contributed by atoms with Gasteiger partial charge in [0.15, 0.2) is 5.83 Å². The molecule has 2 heteroatoms. The fraction of sp³-hybridized carbons (Fsp3) is 0.552. The van der Waals surface area contributed by atoms with Crippen LogP contribution in [0.3, 0.4) is 0 Å². The summed E-state index contributed by atoms with van der Waals surface area (Å²) in [5.74, 6) is 2.22. The van der Waals surface area contributed by atoms with E-state index in [9.17, 15) is 4.39 Å². The third-order valence-corrected chi connectivity index (χ3v) is 7.71. The molecule has 31 heavy (non-hydrogen) atoms. The molecule has 1 nitrogen and oxygen atoms in total. The minimum absolute atomic E-state index is 0.713. The molecule has 0 bridgehead atoms. The van der Waals surface area contributed by atoms with Crippen molar-refractivity contribution in [1.82, 2.24) is 0 Å². The number of halogens is 1. The summed E-state index contributed by atoms with van der Waals surface area (Å²) >= 11 is 0. The summed E-state index contributed by atoms with van der Waals surface area (Å²) in [6, 6.07) is 10.8. The van der Waals surface area contributed by atoms with Crippen molar-refractivity contribution >= 4 is 0 Å². The molecule has 1 aromatic rings. The molecule has 2 aliphatic carbocycles. The highest BCUT2D eigenvalue weighted by atomic mass is 19.1. The molecule has 1 aromatic carbocycles. The van der Waals surface area contributed by atoms with Gasteiger partial charge in [0.25, 0.3) is 0 Å². The van der Waals surface area contributed by atoms with E-state index in [-0.39, 0.29) is 0 Å². The molecule has 0 amide bonds. The zero-order valence-corrected chi connectivity index (χ0v) is 19.2. The summed E-state index contributed by atoms with van der Waals surface area (Å²) in [7, 11) is 0. The number of benzene rings is 1. The van der Waals surface area contributed by atoms with Gasteiger partial charge in [-0.05, 0) is 112 Å². The molecular weight excluding hydrogens is 381 g/mol. The van der Waals surface area contributed by atoms with Crippen molar-refractivity contribution < 1.29 is 4.39 Å². The van der Waals surface area contributed by atoms with Crippen molar-refractivity contribution in [2.24, 2.45) is 17.8 Å². The van der Waals surface area contributed by atoms with Crippen LogP contribution in [0.2, 0.25) is 0 Å². The third kappa shape index (κ3) is 6.93. The molecule has 0 radical (unpaired) electrons. The Bertz CT molecular complexity index is 794. The standard InChI is InChI=1S/C29H38FN/c1-3-23-9-15-27(16-10-23)28-19-17-26(18-20-28)22(2)25-13-11-24(12-14-25)7-5-4-6-8-29(30)21-31/h4,6,8-10,15-16,24-26,28H,2-3,5,7,11-14,17-20H2,1H3. The Kier molecular flexibility index (Phi) is 9.13. The highest BCUT2D eigenvalue weighted by Gasteiger charge is 2.29. The van der Waals surface area contributed by atoms with E-state index in [1.165, 1.54) is 86.6 Å². The average Bonchev–Trinajstić information content (AvgIpc) is 2.83. The third-order valence-electron chi connectivity index (χ3n) is 7.71. The van der Waals surface area contributed by atoms with E-state index >= 15 is 0 Å². The second kappa shape index (κ2) is 12.0. The second-order valence-corrected chi connectivity index (χ2v) is 9.57. The van der Waals surface area contributed by atoms with Gasteiger partial charge in [-0.1, -0.05) is 55.5 Å². The summed E-state index contributed by atoms with van der Waals surface area (Å²) in [5, 5.41) is 8.41. The molecule has 2 fully saturated rings. The van der Waals surface area contributed by atoms with Crippen molar-refractivity contribution in [3.63, 3.8) is 0 Å². The Labute approximate surface area is 188 Å². The molecule has 0 unspecified atom stereocenters. The van der Waals surface area contributed by atoms with E-state index in [4.69, 9.17) is 5.26 Å². The van der Waals surface area contributed by atoms with Crippen LogP contribution in [-0.4, -0.2) is 0 Å². The molecule has 0 aromatic heterocycles. The molecule has 0 spiro atoms. The van der Waals surface area contributed by atoms with Crippen LogP contribution in [0, 0.1) is 29.1 Å². The Morgan fingerprint density at radius 3 is 2.23 bits per heavy atom. The van der Waals surface area contributed by atoms with Gasteiger partial charge in [-0.15, -0.1) is 0 Å². The van der Waals surface area contributed by atoms with Gasteiger partial charge in [0, 0.05) is 0 Å². The van der Waals surface area contributed by atoms with E-state index in [1.54, 1.807) is 6.08 Å². The van der Waals surface area contributed by atoms with Gasteiger partial charge in [-0.3, -0.25) is 0 Å². The molecule has 0 saturated heterocycles. The lowest BCUT2D eigenvalue weighted by atomic mass is 9.69. The fourth-order valence-corrected chi connectivity index (χ4v) is 5.60. The van der Waals surface area contributed by atoms with Crippen LogP contribution in [0.1, 0.15) is 88.2 Å². The Balaban J connectivity index is 1.37. The quantitative estimate of drug-likeness (QED) is 0.235. The first-order chi connectivity index (χ1) is 15.1. The van der Waals surface area contributed by atoms with Crippen molar-refractivity contribution in [2.45, 2.75) is 83.5 Å². The lowest BCUT2D eigenvalue weighted by molar-refractivity contribution is 0.260. The molecule has 166 valence electrons. The summed E-state index contributed by atoms with van der Waals surface area (Å²) in [5.41, 5.74) is 4.50. The predicted molar refractivity (Wildman–Crippen MR) is 128 cm³/mol. The van der Waals surface area contributed by atoms with Gasteiger partial charge in [-0.2, -0.15) is 9.65 Å². The van der Waals surface area contributed by atoms with Gasteiger partial charge in [0.2, 0.25) is 0 Å². The molecule has 0 aliphatic heterocycles. The van der Waals surface area contributed by atoms with Gasteiger partial charge in [0.1, 0.15) is 6.07 Å². The van der Waals surface area contributed by atoms with Crippen molar-refractivity contribution in [3.8, 4) is 6.07 Å². The maximum Gasteiger partial charge on any atom is 0.199 e. The largest absolute Gasteiger partial charge is 0.199 e. The van der Waals surface area contributed by atoms with Gasteiger partial charge in [-0.25, -0.2) is 0 Å². The zero-order chi connectivity index (χ0) is 22.1. The lowest BCUT2D eigenvalue weighted by Crippen LogP contribution is -2.22.